The Balaban J connectivity index is 1.18. The van der Waals surface area contributed by atoms with Crippen LogP contribution < -0.4 is 15.8 Å². The van der Waals surface area contributed by atoms with Gasteiger partial charge in [-0.3, -0.25) is 9.78 Å². The third-order valence-corrected chi connectivity index (χ3v) is 12.1. The highest BCUT2D eigenvalue weighted by atomic mass is 32.1. The van der Waals surface area contributed by atoms with Crippen LogP contribution in [0.5, 0.6) is 5.75 Å². The van der Waals surface area contributed by atoms with Gasteiger partial charge in [-0.25, -0.2) is 36.8 Å². The number of hydrogen-bond acceptors (Lipinski definition) is 9. The van der Waals surface area contributed by atoms with Gasteiger partial charge >= 0.3 is 5.76 Å². The second-order valence-electron chi connectivity index (χ2n) is 14.2. The summed E-state index contributed by atoms with van der Waals surface area (Å²) in [6.07, 6.45) is -0.453. The Morgan fingerprint density at radius 1 is 0.981 bits per heavy atom. The van der Waals surface area contributed by atoms with Crippen LogP contribution in [0.1, 0.15) is 70.3 Å². The minimum Gasteiger partial charge on any atom is -0.490 e. The summed E-state index contributed by atoms with van der Waals surface area (Å²) in [6.45, 7) is 0.659. The third-order valence-electron chi connectivity index (χ3n) is 11.0. The summed E-state index contributed by atoms with van der Waals surface area (Å²) in [6, 6.07) is 10.1. The maximum atomic E-state index is 14.7. The van der Waals surface area contributed by atoms with Gasteiger partial charge in [0, 0.05) is 35.0 Å². The molecule has 4 aromatic heterocycles. The molecular formula is C38H27F5N6O4S. The number of aromatic nitrogens is 4. The molecule has 11 rings (SSSR count). The van der Waals surface area contributed by atoms with E-state index in [0.29, 0.717) is 68.3 Å². The molecule has 5 aliphatic rings. The number of benzene rings is 2. The molecule has 4 aliphatic heterocycles. The van der Waals surface area contributed by atoms with Crippen molar-refractivity contribution in [1.29, 1.82) is 0 Å². The number of carbonyl (C=O) groups excluding carboxylic acids is 1. The van der Waals surface area contributed by atoms with Crippen LogP contribution in [-0.4, -0.2) is 44.1 Å². The summed E-state index contributed by atoms with van der Waals surface area (Å²) < 4.78 is 83.1. The molecule has 0 radical (unpaired) electrons. The molecule has 1 amide bonds. The number of hydrogen-bond donors (Lipinski definition) is 2. The fourth-order valence-electron chi connectivity index (χ4n) is 8.64. The Morgan fingerprint density at radius 3 is 2.56 bits per heavy atom. The van der Waals surface area contributed by atoms with Gasteiger partial charge in [-0.2, -0.15) is 0 Å². The highest BCUT2D eigenvalue weighted by Gasteiger charge is 2.65. The van der Waals surface area contributed by atoms with E-state index in [1.807, 2.05) is 4.90 Å². The zero-order valence-electron chi connectivity index (χ0n) is 28.0. The summed E-state index contributed by atoms with van der Waals surface area (Å²) in [5.41, 5.74) is 2.02. The molecule has 54 heavy (non-hydrogen) atoms. The Labute approximate surface area is 306 Å². The molecule has 2 N–H and O–H groups in total. The summed E-state index contributed by atoms with van der Waals surface area (Å²) >= 11 is 1.17. The first-order valence-corrected chi connectivity index (χ1v) is 18.2. The molecular weight excluding hydrogens is 732 g/mol. The summed E-state index contributed by atoms with van der Waals surface area (Å²) in [7, 11) is 0. The van der Waals surface area contributed by atoms with Gasteiger partial charge in [0.25, 0.3) is 18.2 Å². The van der Waals surface area contributed by atoms with Crippen molar-refractivity contribution in [2.24, 2.45) is 5.92 Å². The number of aromatic amines is 1. The lowest BCUT2D eigenvalue weighted by Crippen LogP contribution is -2.40. The van der Waals surface area contributed by atoms with Gasteiger partial charge in [0.15, 0.2) is 11.6 Å². The Bertz CT molecular complexity index is 2600. The number of halogens is 5. The molecule has 8 heterocycles. The second kappa shape index (κ2) is 11.9. The SMILES string of the molecule is O=C1c2c(nc(CCc3ccc(F)cc3)c(-c3n[nH]c(=O)o3)c2-c2cc3cc(C(F)F)nc(N[C@H]4CCOc5c(F)cc(F)cc54)c3s2)C23CC(CN12)C3. The number of anilines is 1. The Morgan fingerprint density at radius 2 is 1.80 bits per heavy atom. The number of amides is 1. The van der Waals surface area contributed by atoms with Crippen molar-refractivity contribution >= 4 is 33.1 Å². The van der Waals surface area contributed by atoms with E-state index >= 15 is 0 Å². The molecule has 0 unspecified atom stereocenters. The number of carbonyl (C=O) groups is 1. The van der Waals surface area contributed by atoms with E-state index < -0.39 is 41.1 Å². The smallest absolute Gasteiger partial charge is 0.434 e. The van der Waals surface area contributed by atoms with Crippen LogP contribution in [0.2, 0.25) is 0 Å². The number of fused-ring (bicyclic) bond motifs is 3. The molecule has 16 heteroatoms. The van der Waals surface area contributed by atoms with Crippen LogP contribution in [0.3, 0.4) is 0 Å². The molecule has 10 nitrogen and oxygen atoms in total. The fraction of sp³-hybridized carbons (Fsp3) is 0.289. The first-order valence-electron chi connectivity index (χ1n) is 17.4. The summed E-state index contributed by atoms with van der Waals surface area (Å²) in [5, 5.41) is 10.0. The second-order valence-corrected chi connectivity index (χ2v) is 15.2. The Kier molecular flexibility index (Phi) is 7.28. The first kappa shape index (κ1) is 33.0. The molecule has 1 spiro atoms. The molecule has 3 fully saturated rings. The predicted molar refractivity (Wildman–Crippen MR) is 186 cm³/mol. The molecule has 6 aromatic rings. The van der Waals surface area contributed by atoms with E-state index in [1.54, 1.807) is 18.2 Å². The van der Waals surface area contributed by atoms with Crippen molar-refractivity contribution < 1.29 is 35.9 Å². The Hall–Kier alpha value is -5.64. The lowest BCUT2D eigenvalue weighted by molar-refractivity contribution is 0.0637. The maximum Gasteiger partial charge on any atom is 0.434 e. The number of aryl methyl sites for hydroxylation is 2. The molecule has 274 valence electrons. The predicted octanol–water partition coefficient (Wildman–Crippen LogP) is 7.85. The maximum absolute atomic E-state index is 14.7. The van der Waals surface area contributed by atoms with Gasteiger partial charge in [-0.15, -0.1) is 16.4 Å². The minimum atomic E-state index is -2.95. The van der Waals surface area contributed by atoms with E-state index in [4.69, 9.17) is 14.1 Å². The number of nitrogens with one attached hydrogen (secondary N) is 2. The molecule has 1 saturated carbocycles. The van der Waals surface area contributed by atoms with E-state index in [-0.39, 0.29) is 47.8 Å². The topological polar surface area (TPSA) is 126 Å². The zero-order chi connectivity index (χ0) is 37.0. The van der Waals surface area contributed by atoms with Crippen molar-refractivity contribution in [1.82, 2.24) is 25.1 Å². The zero-order valence-corrected chi connectivity index (χ0v) is 28.8. The fourth-order valence-corrected chi connectivity index (χ4v) is 9.79. The average Bonchev–Trinajstić information content (AvgIpc) is 3.95. The lowest BCUT2D eigenvalue weighted by Gasteiger charge is -2.37. The normalized spacial score (nSPS) is 20.9. The van der Waals surface area contributed by atoms with Crippen LogP contribution in [0.25, 0.3) is 32.0 Å². The highest BCUT2D eigenvalue weighted by Crippen LogP contribution is 2.63. The molecule has 1 atom stereocenters. The van der Waals surface area contributed by atoms with Gasteiger partial charge in [-0.05, 0) is 72.9 Å². The minimum absolute atomic E-state index is 0.0593. The van der Waals surface area contributed by atoms with Crippen LogP contribution in [0.4, 0.5) is 27.8 Å². The lowest BCUT2D eigenvalue weighted by atomic mass is 9.71. The standard InChI is InChI=1S/C38H27F5N6O4S/c39-19-4-1-16(2-5-19)3-6-24-27(35-47-48-37(51)53-35)28(29-32(44-24)38-13-17(14-38)15-49(38)36(29)50)26-10-18-9-25(33(42)43)46-34(31(18)54-26)45-23-7-8-52-30-21(23)11-20(40)12-22(30)41/h1-2,4-5,9-12,17,23,33H,3,6-8,13-15H2,(H,45,46)(H,48,51)/t17?,23-,38?/m0/s1. The number of rotatable bonds is 8. The molecule has 2 aromatic carbocycles. The number of H-pyrrole nitrogens is 1. The number of pyridine rings is 2. The molecule has 1 aliphatic carbocycles. The molecule has 2 saturated heterocycles. The van der Waals surface area contributed by atoms with E-state index in [2.05, 4.69) is 20.5 Å². The third kappa shape index (κ3) is 4.98. The van der Waals surface area contributed by atoms with Gasteiger partial charge in [0.1, 0.15) is 23.1 Å². The number of alkyl halides is 2. The van der Waals surface area contributed by atoms with Crippen molar-refractivity contribution in [3.63, 3.8) is 0 Å². The molecule has 2 bridgehead atoms. The van der Waals surface area contributed by atoms with Crippen molar-refractivity contribution in [3.8, 4) is 27.6 Å². The van der Waals surface area contributed by atoms with Crippen molar-refractivity contribution in [3.05, 3.63) is 110 Å². The van der Waals surface area contributed by atoms with Crippen molar-refractivity contribution in [2.45, 2.75) is 50.1 Å². The van der Waals surface area contributed by atoms with Gasteiger partial charge < -0.3 is 19.4 Å². The van der Waals surface area contributed by atoms with E-state index in [1.165, 1.54) is 29.5 Å². The van der Waals surface area contributed by atoms with Crippen LogP contribution >= 0.6 is 11.3 Å². The summed E-state index contributed by atoms with van der Waals surface area (Å²) in [4.78, 5) is 38.6. The highest BCUT2D eigenvalue weighted by molar-refractivity contribution is 7.23. The monoisotopic (exact) mass is 758 g/mol. The summed E-state index contributed by atoms with van der Waals surface area (Å²) in [5.74, 6) is -2.95. The van der Waals surface area contributed by atoms with E-state index in [9.17, 15) is 31.5 Å². The van der Waals surface area contributed by atoms with Gasteiger partial charge in [0.05, 0.1) is 45.4 Å². The quantitative estimate of drug-likeness (QED) is 0.150. The van der Waals surface area contributed by atoms with Crippen molar-refractivity contribution in [2.75, 3.05) is 18.5 Å². The largest absolute Gasteiger partial charge is 0.490 e. The van der Waals surface area contributed by atoms with Crippen LogP contribution in [-0.2, 0) is 18.4 Å². The van der Waals surface area contributed by atoms with Gasteiger partial charge in [-0.1, -0.05) is 12.1 Å². The van der Waals surface area contributed by atoms with Crippen LogP contribution in [0, 0.1) is 23.4 Å². The average molecular weight is 759 g/mol. The number of nitrogens with zero attached hydrogens (tertiary/aromatic N) is 4. The first-order chi connectivity index (χ1) is 26.1. The van der Waals surface area contributed by atoms with E-state index in [0.717, 1.165) is 30.5 Å². The number of thiophene rings is 1. The number of ether oxygens (including phenoxy) is 1. The van der Waals surface area contributed by atoms with Crippen LogP contribution in [0.15, 0.2) is 57.7 Å². The van der Waals surface area contributed by atoms with Gasteiger partial charge in [0.2, 0.25) is 0 Å².